The van der Waals surface area contributed by atoms with Crippen molar-refractivity contribution in [1.29, 1.82) is 0 Å². The summed E-state index contributed by atoms with van der Waals surface area (Å²) < 4.78 is 0. The van der Waals surface area contributed by atoms with Crippen molar-refractivity contribution in [2.45, 2.75) is 57.5 Å². The Bertz CT molecular complexity index is 310. The fourth-order valence-corrected chi connectivity index (χ4v) is 3.32. The number of likely N-dealkylation sites (N-methyl/N-ethyl adjacent to an activating group) is 1. The van der Waals surface area contributed by atoms with Crippen molar-refractivity contribution in [3.63, 3.8) is 0 Å². The minimum atomic E-state index is -0.227. The minimum Gasteiger partial charge on any atom is -0.328 e. The molecule has 1 heterocycles. The highest BCUT2D eigenvalue weighted by atomic mass is 16.2. The smallest absolute Gasteiger partial charge is 0.320 e. The van der Waals surface area contributed by atoms with E-state index in [1.165, 1.54) is 32.1 Å². The van der Waals surface area contributed by atoms with Crippen LogP contribution < -0.4 is 5.73 Å². The van der Waals surface area contributed by atoms with Crippen LogP contribution in [0.2, 0.25) is 0 Å². The van der Waals surface area contributed by atoms with E-state index in [4.69, 9.17) is 5.73 Å². The Kier molecular flexibility index (Phi) is 3.85. The molecule has 0 aromatic carbocycles. The molecule has 0 radical (unpaired) electrons. The Morgan fingerprint density at radius 2 is 1.89 bits per heavy atom. The summed E-state index contributed by atoms with van der Waals surface area (Å²) in [5.74, 6) is 0.686. The highest BCUT2D eigenvalue weighted by molar-refractivity contribution is 5.77. The first-order chi connectivity index (χ1) is 8.47. The number of urea groups is 1. The van der Waals surface area contributed by atoms with Crippen molar-refractivity contribution in [3.8, 4) is 0 Å². The maximum Gasteiger partial charge on any atom is 0.320 e. The normalized spacial score (nSPS) is 27.1. The lowest BCUT2D eigenvalue weighted by molar-refractivity contribution is 0.154. The fraction of sp³-hybridized carbons (Fsp3) is 0.929. The summed E-state index contributed by atoms with van der Waals surface area (Å²) in [5.41, 5.74) is 5.58. The van der Waals surface area contributed by atoms with E-state index < -0.39 is 0 Å². The quantitative estimate of drug-likeness (QED) is 0.836. The summed E-state index contributed by atoms with van der Waals surface area (Å²) >= 11 is 0. The van der Waals surface area contributed by atoms with Crippen LogP contribution in [0.1, 0.15) is 46.0 Å². The van der Waals surface area contributed by atoms with Crippen molar-refractivity contribution in [3.05, 3.63) is 0 Å². The lowest BCUT2D eigenvalue weighted by atomic mass is 9.83. The van der Waals surface area contributed by atoms with Crippen LogP contribution in [0.25, 0.3) is 0 Å². The van der Waals surface area contributed by atoms with Crippen LogP contribution >= 0.6 is 0 Å². The van der Waals surface area contributed by atoms with Gasteiger partial charge in [-0.3, -0.25) is 0 Å². The van der Waals surface area contributed by atoms with Crippen molar-refractivity contribution in [2.75, 3.05) is 20.1 Å². The highest BCUT2D eigenvalue weighted by Gasteiger charge is 2.44. The molecule has 2 N–H and O–H groups in total. The molecule has 1 saturated carbocycles. The number of rotatable bonds is 3. The second-order valence-electron chi connectivity index (χ2n) is 6.49. The molecule has 4 heteroatoms. The van der Waals surface area contributed by atoms with Gasteiger partial charge in [0.1, 0.15) is 0 Å². The summed E-state index contributed by atoms with van der Waals surface area (Å²) in [6, 6.07) is 0.546. The number of hydrogen-bond donors (Lipinski definition) is 1. The maximum absolute atomic E-state index is 12.4. The van der Waals surface area contributed by atoms with E-state index in [1.54, 1.807) is 0 Å². The number of nitrogens with zero attached hydrogens (tertiary/aromatic N) is 2. The predicted octanol–water partition coefficient (Wildman–Crippen LogP) is 2.04. The van der Waals surface area contributed by atoms with Crippen molar-refractivity contribution in [1.82, 2.24) is 9.80 Å². The first-order valence-corrected chi connectivity index (χ1v) is 7.22. The number of amides is 2. The summed E-state index contributed by atoms with van der Waals surface area (Å²) in [7, 11) is 1.95. The van der Waals surface area contributed by atoms with E-state index >= 15 is 0 Å². The molecule has 0 aromatic heterocycles. The molecule has 0 bridgehead atoms. The number of carbonyl (C=O) groups is 1. The van der Waals surface area contributed by atoms with Crippen LogP contribution in [0.5, 0.6) is 0 Å². The number of carbonyl (C=O) groups excluding carboxylic acids is 1. The third-order valence-corrected chi connectivity index (χ3v) is 4.82. The van der Waals surface area contributed by atoms with Gasteiger partial charge in [0.05, 0.1) is 11.6 Å². The van der Waals surface area contributed by atoms with E-state index in [1.807, 2.05) is 16.8 Å². The van der Waals surface area contributed by atoms with Crippen LogP contribution in [0, 0.1) is 5.92 Å². The molecule has 0 spiro atoms. The Labute approximate surface area is 110 Å². The zero-order chi connectivity index (χ0) is 13.3. The van der Waals surface area contributed by atoms with Crippen molar-refractivity contribution >= 4 is 6.03 Å². The van der Waals surface area contributed by atoms with Crippen LogP contribution in [-0.4, -0.2) is 47.5 Å². The van der Waals surface area contributed by atoms with Gasteiger partial charge in [0.25, 0.3) is 0 Å². The maximum atomic E-state index is 12.4. The van der Waals surface area contributed by atoms with E-state index in [-0.39, 0.29) is 11.6 Å². The molecule has 18 heavy (non-hydrogen) atoms. The minimum absolute atomic E-state index is 0.154. The lowest BCUT2D eigenvalue weighted by Gasteiger charge is -2.34. The second-order valence-corrected chi connectivity index (χ2v) is 6.49. The van der Waals surface area contributed by atoms with Gasteiger partial charge in [-0.1, -0.05) is 19.3 Å². The average molecular weight is 253 g/mol. The lowest BCUT2D eigenvalue weighted by Crippen LogP contribution is -2.50. The standard InChI is InChI=1S/C14H27N3O/c1-14(2,10-15)17-9-12(16(3)13(17)18)11-7-5-4-6-8-11/h11-12H,4-10,15H2,1-3H3. The largest absolute Gasteiger partial charge is 0.328 e. The molecular weight excluding hydrogens is 226 g/mol. The number of nitrogens with two attached hydrogens (primary N) is 1. The molecule has 0 aromatic rings. The first kappa shape index (κ1) is 13.7. The predicted molar refractivity (Wildman–Crippen MR) is 73.4 cm³/mol. The molecule has 2 rings (SSSR count). The van der Waals surface area contributed by atoms with Crippen molar-refractivity contribution < 1.29 is 4.79 Å². The van der Waals surface area contributed by atoms with Crippen molar-refractivity contribution in [2.24, 2.45) is 11.7 Å². The molecule has 1 aliphatic heterocycles. The van der Waals surface area contributed by atoms with Gasteiger partial charge in [-0.2, -0.15) is 0 Å². The first-order valence-electron chi connectivity index (χ1n) is 7.22. The Balaban J connectivity index is 2.09. The summed E-state index contributed by atoms with van der Waals surface area (Å²) in [6.07, 6.45) is 6.56. The highest BCUT2D eigenvalue weighted by Crippen LogP contribution is 2.34. The molecule has 1 atom stereocenters. The molecule has 1 aliphatic carbocycles. The molecule has 2 aliphatic rings. The van der Waals surface area contributed by atoms with Gasteiger partial charge >= 0.3 is 6.03 Å². The van der Waals surface area contributed by atoms with E-state index in [0.717, 1.165) is 6.54 Å². The molecule has 1 saturated heterocycles. The van der Waals surface area contributed by atoms with Crippen LogP contribution in [0.15, 0.2) is 0 Å². The van der Waals surface area contributed by atoms with Gasteiger partial charge < -0.3 is 15.5 Å². The monoisotopic (exact) mass is 253 g/mol. The summed E-state index contributed by atoms with van der Waals surface area (Å²) in [4.78, 5) is 16.3. The number of hydrogen-bond acceptors (Lipinski definition) is 2. The van der Waals surface area contributed by atoms with E-state index in [0.29, 0.717) is 18.5 Å². The van der Waals surface area contributed by atoms with Gasteiger partial charge in [-0.15, -0.1) is 0 Å². The molecule has 104 valence electrons. The fourth-order valence-electron chi connectivity index (χ4n) is 3.32. The third kappa shape index (κ3) is 2.35. The van der Waals surface area contributed by atoms with Gasteiger partial charge in [-0.05, 0) is 32.6 Å². The summed E-state index contributed by atoms with van der Waals surface area (Å²) in [6.45, 7) is 5.48. The van der Waals surface area contributed by atoms with Crippen LogP contribution in [0.3, 0.4) is 0 Å². The second kappa shape index (κ2) is 5.08. The van der Waals surface area contributed by atoms with Gasteiger partial charge in [0.2, 0.25) is 0 Å². The Morgan fingerprint density at radius 3 is 2.44 bits per heavy atom. The topological polar surface area (TPSA) is 49.6 Å². The molecule has 4 nitrogen and oxygen atoms in total. The zero-order valence-corrected chi connectivity index (χ0v) is 12.0. The Morgan fingerprint density at radius 1 is 1.28 bits per heavy atom. The molecule has 1 unspecified atom stereocenters. The molecule has 2 fully saturated rings. The summed E-state index contributed by atoms with van der Waals surface area (Å²) in [5, 5.41) is 0. The SMILES string of the molecule is CN1C(=O)N(C(C)(C)CN)CC1C1CCCCC1. The van der Waals surface area contributed by atoms with E-state index in [2.05, 4.69) is 13.8 Å². The third-order valence-electron chi connectivity index (χ3n) is 4.82. The van der Waals surface area contributed by atoms with Gasteiger partial charge in [-0.25, -0.2) is 4.79 Å². The zero-order valence-electron chi connectivity index (χ0n) is 12.0. The average Bonchev–Trinajstić information content (AvgIpc) is 2.68. The molecular formula is C14H27N3O. The Hall–Kier alpha value is -0.770. The molecule has 2 amide bonds. The van der Waals surface area contributed by atoms with Gasteiger partial charge in [0.15, 0.2) is 0 Å². The van der Waals surface area contributed by atoms with Crippen LogP contribution in [0.4, 0.5) is 4.79 Å². The van der Waals surface area contributed by atoms with E-state index in [9.17, 15) is 4.79 Å². The van der Waals surface area contributed by atoms with Crippen LogP contribution in [-0.2, 0) is 0 Å². The van der Waals surface area contributed by atoms with Gasteiger partial charge in [0, 0.05) is 20.1 Å².